The van der Waals surface area contributed by atoms with E-state index in [1.54, 1.807) is 0 Å². The number of ether oxygens (including phenoxy) is 1. The van der Waals surface area contributed by atoms with Gasteiger partial charge in [0.15, 0.2) is 0 Å². The van der Waals surface area contributed by atoms with Crippen molar-refractivity contribution in [2.45, 2.75) is 65.0 Å². The van der Waals surface area contributed by atoms with E-state index in [9.17, 15) is 0 Å². The van der Waals surface area contributed by atoms with Crippen molar-refractivity contribution in [3.05, 3.63) is 29.8 Å². The van der Waals surface area contributed by atoms with E-state index < -0.39 is 0 Å². The van der Waals surface area contributed by atoms with E-state index in [1.165, 1.54) is 12.0 Å². The second-order valence-corrected chi connectivity index (χ2v) is 6.92. The maximum absolute atomic E-state index is 6.27. The summed E-state index contributed by atoms with van der Waals surface area (Å²) in [4.78, 5) is 0. The highest BCUT2D eigenvalue weighted by Gasteiger charge is 2.34. The van der Waals surface area contributed by atoms with Gasteiger partial charge in [-0.25, -0.2) is 0 Å². The number of hydrogen-bond donors (Lipinski definition) is 1. The maximum atomic E-state index is 6.27. The first-order valence-corrected chi connectivity index (χ1v) is 7.40. The summed E-state index contributed by atoms with van der Waals surface area (Å²) in [6.07, 6.45) is 3.44. The van der Waals surface area contributed by atoms with E-state index in [4.69, 9.17) is 10.5 Å². The van der Waals surface area contributed by atoms with E-state index in [-0.39, 0.29) is 12.1 Å². The lowest BCUT2D eigenvalue weighted by Crippen LogP contribution is -2.46. The fraction of sp³-hybridized carbons (Fsp3) is 0.647. The van der Waals surface area contributed by atoms with Crippen molar-refractivity contribution in [2.75, 3.05) is 0 Å². The predicted molar refractivity (Wildman–Crippen MR) is 80.6 cm³/mol. The van der Waals surface area contributed by atoms with Crippen LogP contribution in [0.25, 0.3) is 0 Å². The first-order valence-electron chi connectivity index (χ1n) is 7.40. The van der Waals surface area contributed by atoms with Gasteiger partial charge < -0.3 is 10.5 Å². The third kappa shape index (κ3) is 3.50. The minimum Gasteiger partial charge on any atom is -0.488 e. The number of benzene rings is 1. The molecule has 2 nitrogen and oxygen atoms in total. The van der Waals surface area contributed by atoms with Gasteiger partial charge in [-0.05, 0) is 42.2 Å². The Morgan fingerprint density at radius 3 is 2.63 bits per heavy atom. The Morgan fingerprint density at radius 2 is 1.95 bits per heavy atom. The number of nitrogens with two attached hydrogens (primary N) is 1. The van der Waals surface area contributed by atoms with Crippen LogP contribution in [0.5, 0.6) is 5.75 Å². The molecule has 0 saturated heterocycles. The van der Waals surface area contributed by atoms with Crippen LogP contribution in [-0.2, 0) is 0 Å². The smallest absolute Gasteiger partial charge is 0.123 e. The Bertz CT molecular complexity index is 425. The third-order valence-corrected chi connectivity index (χ3v) is 4.21. The highest BCUT2D eigenvalue weighted by molar-refractivity contribution is 5.35. The average Bonchev–Trinajstić information content (AvgIpc) is 2.34. The van der Waals surface area contributed by atoms with E-state index >= 15 is 0 Å². The van der Waals surface area contributed by atoms with Crippen LogP contribution in [0.4, 0.5) is 0 Å². The molecule has 1 aromatic rings. The van der Waals surface area contributed by atoms with E-state index in [0.29, 0.717) is 11.3 Å². The van der Waals surface area contributed by atoms with E-state index in [2.05, 4.69) is 45.9 Å². The quantitative estimate of drug-likeness (QED) is 0.889. The number of hydrogen-bond acceptors (Lipinski definition) is 2. The minimum atomic E-state index is 0.142. The van der Waals surface area contributed by atoms with Crippen molar-refractivity contribution in [2.24, 2.45) is 11.1 Å². The second-order valence-electron chi connectivity index (χ2n) is 6.92. The van der Waals surface area contributed by atoms with Gasteiger partial charge in [-0.3, -0.25) is 0 Å². The second kappa shape index (κ2) is 5.54. The molecule has 1 aliphatic rings. The zero-order chi connectivity index (χ0) is 14.0. The average molecular weight is 261 g/mol. The van der Waals surface area contributed by atoms with Crippen molar-refractivity contribution < 1.29 is 4.74 Å². The van der Waals surface area contributed by atoms with Crippen LogP contribution in [0.15, 0.2) is 24.3 Å². The molecule has 2 N–H and O–H groups in total. The highest BCUT2D eigenvalue weighted by atomic mass is 16.5. The summed E-state index contributed by atoms with van der Waals surface area (Å²) in [6, 6.07) is 8.50. The molecule has 1 aromatic carbocycles. The van der Waals surface area contributed by atoms with Crippen LogP contribution >= 0.6 is 0 Å². The monoisotopic (exact) mass is 261 g/mol. The summed E-state index contributed by atoms with van der Waals surface area (Å²) in [5.41, 5.74) is 7.87. The molecule has 2 rings (SSSR count). The van der Waals surface area contributed by atoms with Gasteiger partial charge in [-0.2, -0.15) is 0 Å². The first-order chi connectivity index (χ1) is 8.89. The summed E-state index contributed by atoms with van der Waals surface area (Å²) < 4.78 is 6.27. The number of para-hydroxylation sites is 1. The standard InChI is InChI=1S/C17H27NO/c1-12(2)13-7-5-6-8-15(13)19-16-11-17(3,4)10-9-14(16)18/h5-8,12,14,16H,9-11,18H2,1-4H3. The SMILES string of the molecule is CC(C)c1ccccc1OC1CC(C)(C)CCC1N. The molecule has 0 heterocycles. The van der Waals surface area contributed by atoms with Crippen molar-refractivity contribution >= 4 is 0 Å². The van der Waals surface area contributed by atoms with Crippen LogP contribution in [0.3, 0.4) is 0 Å². The Hall–Kier alpha value is -1.02. The molecule has 2 atom stereocenters. The van der Waals surface area contributed by atoms with Gasteiger partial charge in [0.25, 0.3) is 0 Å². The fourth-order valence-corrected chi connectivity index (χ4v) is 2.90. The lowest BCUT2D eigenvalue weighted by Gasteiger charge is -2.39. The minimum absolute atomic E-state index is 0.142. The molecule has 2 heteroatoms. The maximum Gasteiger partial charge on any atom is 0.123 e. The van der Waals surface area contributed by atoms with Gasteiger partial charge in [-0.1, -0.05) is 45.9 Å². The van der Waals surface area contributed by atoms with Gasteiger partial charge >= 0.3 is 0 Å². The number of rotatable bonds is 3. The lowest BCUT2D eigenvalue weighted by molar-refractivity contribution is 0.0660. The molecule has 0 spiro atoms. The molecule has 0 bridgehead atoms. The Labute approximate surface area is 117 Å². The fourth-order valence-electron chi connectivity index (χ4n) is 2.90. The van der Waals surface area contributed by atoms with Crippen molar-refractivity contribution in [1.29, 1.82) is 0 Å². The first kappa shape index (κ1) is 14.4. The summed E-state index contributed by atoms with van der Waals surface area (Å²) in [5, 5.41) is 0. The molecule has 1 aliphatic carbocycles. The molecule has 106 valence electrons. The molecule has 2 unspecified atom stereocenters. The third-order valence-electron chi connectivity index (χ3n) is 4.21. The molecule has 0 aromatic heterocycles. The van der Waals surface area contributed by atoms with Gasteiger partial charge in [0.1, 0.15) is 11.9 Å². The molecular weight excluding hydrogens is 234 g/mol. The summed E-state index contributed by atoms with van der Waals surface area (Å²) in [6.45, 7) is 9.02. The van der Waals surface area contributed by atoms with Gasteiger partial charge in [0, 0.05) is 6.04 Å². The summed E-state index contributed by atoms with van der Waals surface area (Å²) in [5.74, 6) is 1.49. The van der Waals surface area contributed by atoms with Gasteiger partial charge in [0.2, 0.25) is 0 Å². The zero-order valence-electron chi connectivity index (χ0n) is 12.6. The van der Waals surface area contributed by atoms with Crippen LogP contribution < -0.4 is 10.5 Å². The molecule has 19 heavy (non-hydrogen) atoms. The topological polar surface area (TPSA) is 35.2 Å². The molecule has 1 fully saturated rings. The molecule has 0 aliphatic heterocycles. The Kier molecular flexibility index (Phi) is 4.19. The summed E-state index contributed by atoms with van der Waals surface area (Å²) >= 11 is 0. The Morgan fingerprint density at radius 1 is 1.26 bits per heavy atom. The Balaban J connectivity index is 2.16. The molecule has 0 radical (unpaired) electrons. The highest BCUT2D eigenvalue weighted by Crippen LogP contribution is 2.37. The van der Waals surface area contributed by atoms with Crippen molar-refractivity contribution in [1.82, 2.24) is 0 Å². The zero-order valence-corrected chi connectivity index (χ0v) is 12.6. The lowest BCUT2D eigenvalue weighted by atomic mass is 9.74. The van der Waals surface area contributed by atoms with Crippen molar-refractivity contribution in [3.63, 3.8) is 0 Å². The normalized spacial score (nSPS) is 26.4. The largest absolute Gasteiger partial charge is 0.488 e. The van der Waals surface area contributed by atoms with Crippen LogP contribution in [0.1, 0.15) is 58.4 Å². The van der Waals surface area contributed by atoms with Crippen LogP contribution in [0.2, 0.25) is 0 Å². The van der Waals surface area contributed by atoms with Gasteiger partial charge in [-0.15, -0.1) is 0 Å². The molecule has 0 amide bonds. The molecule has 1 saturated carbocycles. The van der Waals surface area contributed by atoms with Crippen LogP contribution in [-0.4, -0.2) is 12.1 Å². The van der Waals surface area contributed by atoms with Crippen LogP contribution in [0, 0.1) is 5.41 Å². The van der Waals surface area contributed by atoms with Crippen molar-refractivity contribution in [3.8, 4) is 5.75 Å². The predicted octanol–water partition coefficient (Wildman–Crippen LogP) is 4.09. The van der Waals surface area contributed by atoms with E-state index in [0.717, 1.165) is 18.6 Å². The summed E-state index contributed by atoms with van der Waals surface area (Å²) in [7, 11) is 0. The van der Waals surface area contributed by atoms with E-state index in [1.807, 2.05) is 6.07 Å². The van der Waals surface area contributed by atoms with Gasteiger partial charge in [0.05, 0.1) is 0 Å². The molecular formula is C17H27NO.